The Morgan fingerprint density at radius 1 is 0.771 bits per heavy atom. The summed E-state index contributed by atoms with van der Waals surface area (Å²) < 4.78 is 106. The summed E-state index contributed by atoms with van der Waals surface area (Å²) in [6.45, 7) is -7.44. The molecule has 3 rings (SSSR count). The van der Waals surface area contributed by atoms with Gasteiger partial charge in [0.1, 0.15) is 25.4 Å². The minimum Gasteiger partial charge on any atom is -0.487 e. The Balaban J connectivity index is 1.85. The summed E-state index contributed by atoms with van der Waals surface area (Å²) in [7, 11) is 0. The first-order valence-electron chi connectivity index (χ1n) is 9.91. The summed E-state index contributed by atoms with van der Waals surface area (Å²) in [4.78, 5) is 8.19. The van der Waals surface area contributed by atoms with E-state index >= 15 is 0 Å². The Kier molecular flexibility index (Phi) is 8.87. The molecule has 0 atom stereocenters. The lowest BCUT2D eigenvalue weighted by Crippen LogP contribution is -2.12. The first-order chi connectivity index (χ1) is 16.6. The molecule has 0 aliphatic carbocycles. The zero-order valence-corrected chi connectivity index (χ0v) is 17.7. The second-order valence-corrected chi connectivity index (χ2v) is 6.70. The van der Waals surface area contributed by atoms with Crippen molar-refractivity contribution in [1.29, 1.82) is 0 Å². The molecule has 0 bridgehead atoms. The molecule has 0 saturated carbocycles. The van der Waals surface area contributed by atoms with Crippen LogP contribution < -0.4 is 14.8 Å². The van der Waals surface area contributed by atoms with Crippen molar-refractivity contribution in [3.05, 3.63) is 48.3 Å². The van der Waals surface area contributed by atoms with Crippen molar-refractivity contribution in [2.45, 2.75) is 19.4 Å². The molecule has 0 radical (unpaired) electrons. The number of alkyl halides is 7. The zero-order valence-electron chi connectivity index (χ0n) is 17.7. The SMILES string of the molecule is FC(F)OCCOc1cc2ncnc(Nc3ccc(C(F)(F)F)cc3)c2cc1OCCOC(F)F. The van der Waals surface area contributed by atoms with Crippen molar-refractivity contribution in [3.8, 4) is 11.5 Å². The standard InChI is InChI=1S/C21H18F7N3O4/c22-19(23)34-7-5-32-16-9-14-15(10-17(16)33-6-8-35-20(24)25)29-11-30-18(14)31-13-3-1-12(2-4-13)21(26,27)28/h1-4,9-11,19-20H,5-8H2,(H,29,30,31). The number of anilines is 2. The number of nitrogens with zero attached hydrogens (tertiary/aromatic N) is 2. The Hall–Kier alpha value is -3.39. The van der Waals surface area contributed by atoms with Gasteiger partial charge in [-0.2, -0.15) is 30.7 Å². The predicted molar refractivity (Wildman–Crippen MR) is 109 cm³/mol. The zero-order chi connectivity index (χ0) is 25.4. The Labute approximate surface area is 193 Å². The van der Waals surface area contributed by atoms with Crippen molar-refractivity contribution < 1.29 is 49.7 Å². The van der Waals surface area contributed by atoms with E-state index in [2.05, 4.69) is 24.8 Å². The number of halogens is 7. The van der Waals surface area contributed by atoms with E-state index in [1.165, 1.54) is 30.6 Å². The van der Waals surface area contributed by atoms with Gasteiger partial charge in [0.15, 0.2) is 11.5 Å². The second kappa shape index (κ2) is 11.8. The molecular weight excluding hydrogens is 491 g/mol. The van der Waals surface area contributed by atoms with Crippen molar-refractivity contribution in [1.82, 2.24) is 9.97 Å². The third-order valence-electron chi connectivity index (χ3n) is 4.35. The molecule has 0 saturated heterocycles. The van der Waals surface area contributed by atoms with Crippen LogP contribution in [-0.2, 0) is 15.7 Å². The van der Waals surface area contributed by atoms with Crippen LogP contribution in [0, 0.1) is 0 Å². The number of hydrogen-bond acceptors (Lipinski definition) is 7. The van der Waals surface area contributed by atoms with Gasteiger partial charge in [0.2, 0.25) is 0 Å². The fourth-order valence-corrected chi connectivity index (χ4v) is 2.85. The smallest absolute Gasteiger partial charge is 0.416 e. The van der Waals surface area contributed by atoms with E-state index < -0.39 is 38.2 Å². The third-order valence-corrected chi connectivity index (χ3v) is 4.35. The number of aromatic nitrogens is 2. The van der Waals surface area contributed by atoms with Gasteiger partial charge in [0.25, 0.3) is 0 Å². The molecular formula is C21H18F7N3O4. The number of fused-ring (bicyclic) bond motifs is 1. The number of hydrogen-bond donors (Lipinski definition) is 1. The van der Waals surface area contributed by atoms with Gasteiger partial charge in [-0.25, -0.2) is 9.97 Å². The van der Waals surface area contributed by atoms with E-state index in [4.69, 9.17) is 9.47 Å². The highest BCUT2D eigenvalue weighted by Gasteiger charge is 2.30. The lowest BCUT2D eigenvalue weighted by molar-refractivity contribution is -0.137. The van der Waals surface area contributed by atoms with Crippen LogP contribution in [0.5, 0.6) is 11.5 Å². The molecule has 0 unspecified atom stereocenters. The summed E-state index contributed by atoms with van der Waals surface area (Å²) in [5.41, 5.74) is -0.208. The van der Waals surface area contributed by atoms with Crippen molar-refractivity contribution in [2.24, 2.45) is 0 Å². The van der Waals surface area contributed by atoms with E-state index in [0.29, 0.717) is 16.6 Å². The van der Waals surface area contributed by atoms with Crippen molar-refractivity contribution >= 4 is 22.4 Å². The molecule has 0 aliphatic rings. The van der Waals surface area contributed by atoms with E-state index in [0.717, 1.165) is 12.1 Å². The normalized spacial score (nSPS) is 11.9. The van der Waals surface area contributed by atoms with Gasteiger partial charge < -0.3 is 24.3 Å². The van der Waals surface area contributed by atoms with Crippen LogP contribution in [0.15, 0.2) is 42.7 Å². The van der Waals surface area contributed by atoms with Crippen LogP contribution in [0.2, 0.25) is 0 Å². The van der Waals surface area contributed by atoms with Gasteiger partial charge in [-0.3, -0.25) is 0 Å². The number of rotatable bonds is 12. The Bertz CT molecular complexity index is 1100. The largest absolute Gasteiger partial charge is 0.487 e. The van der Waals surface area contributed by atoms with Gasteiger partial charge >= 0.3 is 19.4 Å². The lowest BCUT2D eigenvalue weighted by Gasteiger charge is -2.16. The molecule has 1 aromatic heterocycles. The van der Waals surface area contributed by atoms with Gasteiger partial charge in [-0.15, -0.1) is 0 Å². The number of benzene rings is 2. The van der Waals surface area contributed by atoms with E-state index in [9.17, 15) is 30.7 Å². The summed E-state index contributed by atoms with van der Waals surface area (Å²) in [6.07, 6.45) is -3.30. The predicted octanol–water partition coefficient (Wildman–Crippen LogP) is 5.63. The van der Waals surface area contributed by atoms with Crippen molar-refractivity contribution in [3.63, 3.8) is 0 Å². The van der Waals surface area contributed by atoms with E-state index in [1.54, 1.807) is 0 Å². The molecule has 1 heterocycles. The maximum absolute atomic E-state index is 12.8. The molecule has 1 N–H and O–H groups in total. The Morgan fingerprint density at radius 3 is 1.89 bits per heavy atom. The third kappa shape index (κ3) is 7.82. The monoisotopic (exact) mass is 509 g/mol. The average Bonchev–Trinajstić information content (AvgIpc) is 2.79. The van der Waals surface area contributed by atoms with Gasteiger partial charge in [0, 0.05) is 17.1 Å². The molecule has 190 valence electrons. The maximum Gasteiger partial charge on any atom is 0.416 e. The molecule has 14 heteroatoms. The second-order valence-electron chi connectivity index (χ2n) is 6.70. The molecule has 0 fully saturated rings. The summed E-state index contributed by atoms with van der Waals surface area (Å²) in [6, 6.07) is 7.05. The summed E-state index contributed by atoms with van der Waals surface area (Å²) in [5, 5.41) is 3.23. The molecule has 0 amide bonds. The number of nitrogens with one attached hydrogen (secondary N) is 1. The molecule has 2 aromatic carbocycles. The first-order valence-corrected chi connectivity index (χ1v) is 9.91. The van der Waals surface area contributed by atoms with Crippen LogP contribution in [-0.4, -0.2) is 49.6 Å². The highest BCUT2D eigenvalue weighted by Crippen LogP contribution is 2.35. The first kappa shape index (κ1) is 26.2. The van der Waals surface area contributed by atoms with Gasteiger partial charge in [-0.1, -0.05) is 0 Å². The topological polar surface area (TPSA) is 74.7 Å². The number of ether oxygens (including phenoxy) is 4. The van der Waals surface area contributed by atoms with Gasteiger partial charge in [0.05, 0.1) is 24.3 Å². The Morgan fingerprint density at radius 2 is 1.34 bits per heavy atom. The van der Waals surface area contributed by atoms with Gasteiger partial charge in [-0.05, 0) is 30.3 Å². The molecule has 0 spiro atoms. The summed E-state index contributed by atoms with van der Waals surface area (Å²) in [5.74, 6) is 0.306. The molecule has 3 aromatic rings. The summed E-state index contributed by atoms with van der Waals surface area (Å²) >= 11 is 0. The van der Waals surface area contributed by atoms with E-state index in [-0.39, 0.29) is 30.5 Å². The fourth-order valence-electron chi connectivity index (χ4n) is 2.85. The quantitative estimate of drug-likeness (QED) is 0.251. The minimum atomic E-state index is -4.49. The van der Waals surface area contributed by atoms with Crippen LogP contribution in [0.1, 0.15) is 5.56 Å². The highest BCUT2D eigenvalue weighted by molar-refractivity contribution is 5.93. The van der Waals surface area contributed by atoms with Crippen molar-refractivity contribution in [2.75, 3.05) is 31.7 Å². The molecule has 0 aliphatic heterocycles. The van der Waals surface area contributed by atoms with Crippen LogP contribution in [0.25, 0.3) is 10.9 Å². The molecule has 7 nitrogen and oxygen atoms in total. The van der Waals surface area contributed by atoms with Crippen LogP contribution in [0.4, 0.5) is 42.2 Å². The van der Waals surface area contributed by atoms with E-state index in [1.807, 2.05) is 0 Å². The molecule has 35 heavy (non-hydrogen) atoms. The fraction of sp³-hybridized carbons (Fsp3) is 0.333. The lowest BCUT2D eigenvalue weighted by atomic mass is 10.2. The van der Waals surface area contributed by atoms with Crippen LogP contribution in [0.3, 0.4) is 0 Å². The van der Waals surface area contributed by atoms with Crippen LogP contribution >= 0.6 is 0 Å². The average molecular weight is 509 g/mol. The minimum absolute atomic E-state index is 0.0395. The maximum atomic E-state index is 12.8. The highest BCUT2D eigenvalue weighted by atomic mass is 19.4.